The first-order valence-electron chi connectivity index (χ1n) is 9.64. The second kappa shape index (κ2) is 15.6. The molecule has 3 amide bonds. The minimum atomic E-state index is -1.37. The van der Waals surface area contributed by atoms with Crippen LogP contribution in [0.25, 0.3) is 0 Å². The van der Waals surface area contributed by atoms with Crippen LogP contribution in [0.2, 0.25) is 0 Å². The molecule has 0 bridgehead atoms. The molecule has 0 aliphatic rings. The molecule has 0 aromatic carbocycles. The largest absolute Gasteiger partial charge is 0.480 e. The Morgan fingerprint density at radius 1 is 0.724 bits per heavy atom. The van der Waals surface area contributed by atoms with Crippen molar-refractivity contribution < 1.29 is 29.4 Å². The monoisotopic (exact) mass is 418 g/mol. The van der Waals surface area contributed by atoms with Gasteiger partial charge in [-0.15, -0.1) is 0 Å². The van der Waals surface area contributed by atoms with E-state index in [2.05, 4.69) is 16.0 Å². The number of aliphatic carboxylic acids is 1. The van der Waals surface area contributed by atoms with Crippen molar-refractivity contribution in [2.45, 2.75) is 56.7 Å². The molecule has 0 spiro atoms. The van der Waals surface area contributed by atoms with E-state index in [4.69, 9.17) is 17.2 Å². The molecule has 3 atom stereocenters. The third-order valence-electron chi connectivity index (χ3n) is 4.16. The molecule has 29 heavy (non-hydrogen) atoms. The van der Waals surface area contributed by atoms with Gasteiger partial charge >= 0.3 is 5.97 Å². The van der Waals surface area contributed by atoms with Gasteiger partial charge in [0.25, 0.3) is 0 Å². The van der Waals surface area contributed by atoms with Crippen LogP contribution in [0.3, 0.4) is 0 Å². The van der Waals surface area contributed by atoms with Gasteiger partial charge in [0.15, 0.2) is 0 Å². The number of carbonyl (C=O) groups is 4. The van der Waals surface area contributed by atoms with Crippen LogP contribution in [-0.4, -0.2) is 78.3 Å². The summed E-state index contributed by atoms with van der Waals surface area (Å²) in [5, 5.41) is 25.8. The highest BCUT2D eigenvalue weighted by Crippen LogP contribution is 2.04. The molecule has 0 aliphatic carbocycles. The van der Waals surface area contributed by atoms with Gasteiger partial charge in [0, 0.05) is 0 Å². The summed E-state index contributed by atoms with van der Waals surface area (Å²) in [6.45, 7) is -0.238. The van der Waals surface area contributed by atoms with Crippen molar-refractivity contribution in [2.75, 3.05) is 26.2 Å². The fourth-order valence-electron chi connectivity index (χ4n) is 2.50. The first-order valence-corrected chi connectivity index (χ1v) is 9.64. The predicted octanol–water partition coefficient (Wildman–Crippen LogP) is -3.27. The van der Waals surface area contributed by atoms with Crippen LogP contribution in [0.15, 0.2) is 0 Å². The summed E-state index contributed by atoms with van der Waals surface area (Å²) in [5.41, 5.74) is 16.1. The molecule has 168 valence electrons. The Hall–Kier alpha value is -2.28. The van der Waals surface area contributed by atoms with Crippen LogP contribution in [-0.2, 0) is 19.2 Å². The maximum atomic E-state index is 12.5. The third-order valence-corrected chi connectivity index (χ3v) is 4.16. The molecule has 0 aromatic rings. The minimum absolute atomic E-state index is 0.165. The smallest absolute Gasteiger partial charge is 0.326 e. The molecule has 0 saturated heterocycles. The van der Waals surface area contributed by atoms with Crippen LogP contribution >= 0.6 is 0 Å². The Morgan fingerprint density at radius 3 is 1.66 bits per heavy atom. The highest BCUT2D eigenvalue weighted by atomic mass is 16.4. The topological polar surface area (TPSA) is 223 Å². The second-order valence-corrected chi connectivity index (χ2v) is 6.54. The lowest BCUT2D eigenvalue weighted by Crippen LogP contribution is -2.57. The molecule has 0 rings (SSSR count). The molecule has 0 radical (unpaired) electrons. The molecular weight excluding hydrogens is 384 g/mol. The normalized spacial score (nSPS) is 13.8. The fourth-order valence-corrected chi connectivity index (χ4v) is 2.50. The SMILES string of the molecule is NCCCCC(NC(=O)C(CO)NC(=O)C(CCCCN)NC(=O)CN)C(=O)O. The maximum Gasteiger partial charge on any atom is 0.326 e. The van der Waals surface area contributed by atoms with Crippen LogP contribution in [0.4, 0.5) is 0 Å². The molecule has 12 heteroatoms. The van der Waals surface area contributed by atoms with E-state index in [1.807, 2.05) is 0 Å². The minimum Gasteiger partial charge on any atom is -0.480 e. The molecule has 0 heterocycles. The average molecular weight is 418 g/mol. The van der Waals surface area contributed by atoms with E-state index in [1.165, 1.54) is 0 Å². The highest BCUT2D eigenvalue weighted by Gasteiger charge is 2.28. The number of carbonyl (C=O) groups excluding carboxylic acids is 3. The number of unbranched alkanes of at least 4 members (excludes halogenated alkanes) is 2. The number of nitrogens with one attached hydrogen (secondary N) is 3. The summed E-state index contributed by atoms with van der Waals surface area (Å²) in [4.78, 5) is 47.7. The Balaban J connectivity index is 4.97. The van der Waals surface area contributed by atoms with E-state index in [0.717, 1.165) is 0 Å². The van der Waals surface area contributed by atoms with E-state index in [9.17, 15) is 29.4 Å². The number of hydrogen-bond donors (Lipinski definition) is 8. The first-order chi connectivity index (χ1) is 13.8. The van der Waals surface area contributed by atoms with Crippen molar-refractivity contribution in [3.8, 4) is 0 Å². The van der Waals surface area contributed by atoms with Crippen molar-refractivity contribution in [3.05, 3.63) is 0 Å². The lowest BCUT2D eigenvalue weighted by Gasteiger charge is -2.23. The molecule has 0 saturated carbocycles. The number of aliphatic hydroxyl groups is 1. The van der Waals surface area contributed by atoms with Gasteiger partial charge in [-0.1, -0.05) is 0 Å². The number of carboxylic acids is 1. The molecule has 0 aliphatic heterocycles. The van der Waals surface area contributed by atoms with Crippen LogP contribution in [0.5, 0.6) is 0 Å². The van der Waals surface area contributed by atoms with E-state index in [1.54, 1.807) is 0 Å². The van der Waals surface area contributed by atoms with Crippen LogP contribution in [0.1, 0.15) is 38.5 Å². The van der Waals surface area contributed by atoms with Crippen molar-refractivity contribution >= 4 is 23.7 Å². The zero-order chi connectivity index (χ0) is 22.2. The van der Waals surface area contributed by atoms with Crippen molar-refractivity contribution in [1.29, 1.82) is 0 Å². The quantitative estimate of drug-likeness (QED) is 0.118. The molecule has 0 fully saturated rings. The summed E-state index contributed by atoms with van der Waals surface area (Å²) < 4.78 is 0. The molecule has 12 nitrogen and oxygen atoms in total. The lowest BCUT2D eigenvalue weighted by molar-refractivity contribution is -0.142. The lowest BCUT2D eigenvalue weighted by atomic mass is 10.1. The number of rotatable bonds is 16. The molecule has 0 aromatic heterocycles. The number of amides is 3. The summed E-state index contributed by atoms with van der Waals surface area (Å²) in [6.07, 6.45) is 2.72. The van der Waals surface area contributed by atoms with Crippen LogP contribution < -0.4 is 33.2 Å². The molecular formula is C17H34N6O6. The first kappa shape index (κ1) is 26.7. The van der Waals surface area contributed by atoms with Gasteiger partial charge in [-0.05, 0) is 51.6 Å². The zero-order valence-corrected chi connectivity index (χ0v) is 16.6. The number of carboxylic acid groups (broad SMARTS) is 1. The van der Waals surface area contributed by atoms with Crippen molar-refractivity contribution in [2.24, 2.45) is 17.2 Å². The van der Waals surface area contributed by atoms with E-state index in [0.29, 0.717) is 38.8 Å². The Bertz CT molecular complexity index is 533. The standard InChI is InChI=1S/C17H34N6O6/c18-7-3-1-5-11(21-14(25)9-20)15(26)23-13(10-24)16(27)22-12(17(28)29)6-2-4-8-19/h11-13,24H,1-10,18-20H2,(H,21,25)(H,22,27)(H,23,26)(H,28,29). The van der Waals surface area contributed by atoms with Gasteiger partial charge in [-0.3, -0.25) is 14.4 Å². The summed E-state index contributed by atoms with van der Waals surface area (Å²) >= 11 is 0. The van der Waals surface area contributed by atoms with Crippen LogP contribution in [0, 0.1) is 0 Å². The number of hydrogen-bond acceptors (Lipinski definition) is 8. The van der Waals surface area contributed by atoms with Gasteiger partial charge < -0.3 is 43.4 Å². The Labute approximate surface area is 169 Å². The predicted molar refractivity (Wildman–Crippen MR) is 105 cm³/mol. The zero-order valence-electron chi connectivity index (χ0n) is 16.6. The molecule has 3 unspecified atom stereocenters. The summed E-state index contributed by atoms with van der Waals surface area (Å²) in [5.74, 6) is -3.30. The summed E-state index contributed by atoms with van der Waals surface area (Å²) in [7, 11) is 0. The van der Waals surface area contributed by atoms with Gasteiger partial charge in [-0.2, -0.15) is 0 Å². The second-order valence-electron chi connectivity index (χ2n) is 6.54. The van der Waals surface area contributed by atoms with Gasteiger partial charge in [0.2, 0.25) is 17.7 Å². The highest BCUT2D eigenvalue weighted by molar-refractivity contribution is 5.93. The number of aliphatic hydroxyl groups excluding tert-OH is 1. The maximum absolute atomic E-state index is 12.5. The van der Waals surface area contributed by atoms with Gasteiger partial charge in [0.05, 0.1) is 13.2 Å². The van der Waals surface area contributed by atoms with E-state index in [-0.39, 0.29) is 19.4 Å². The van der Waals surface area contributed by atoms with Crippen molar-refractivity contribution in [1.82, 2.24) is 16.0 Å². The third kappa shape index (κ3) is 11.3. The van der Waals surface area contributed by atoms with E-state index < -0.39 is 48.4 Å². The Kier molecular flexibility index (Phi) is 14.4. The summed E-state index contributed by atoms with van der Waals surface area (Å²) in [6, 6.07) is -3.50. The van der Waals surface area contributed by atoms with Gasteiger partial charge in [-0.25, -0.2) is 4.79 Å². The fraction of sp³-hybridized carbons (Fsp3) is 0.765. The average Bonchev–Trinajstić information content (AvgIpc) is 2.69. The Morgan fingerprint density at radius 2 is 1.21 bits per heavy atom. The van der Waals surface area contributed by atoms with Gasteiger partial charge in [0.1, 0.15) is 18.1 Å². The molecule has 11 N–H and O–H groups in total. The number of nitrogens with two attached hydrogens (primary N) is 3. The van der Waals surface area contributed by atoms with E-state index >= 15 is 0 Å². The van der Waals surface area contributed by atoms with Crippen molar-refractivity contribution in [3.63, 3.8) is 0 Å².